The summed E-state index contributed by atoms with van der Waals surface area (Å²) in [7, 11) is 4.01. The Bertz CT molecular complexity index is 921. The number of aromatic nitrogens is 2. The second-order valence-corrected chi connectivity index (χ2v) is 7.07. The van der Waals surface area contributed by atoms with Crippen molar-refractivity contribution in [3.8, 4) is 5.69 Å². The van der Waals surface area contributed by atoms with Gasteiger partial charge in [-0.05, 0) is 44.8 Å². The van der Waals surface area contributed by atoms with Crippen molar-refractivity contribution >= 4 is 17.5 Å². The van der Waals surface area contributed by atoms with Crippen molar-refractivity contribution in [2.75, 3.05) is 20.6 Å². The zero-order valence-corrected chi connectivity index (χ0v) is 16.4. The number of hydrogen-bond donors (Lipinski definition) is 1. The van der Waals surface area contributed by atoms with Crippen LogP contribution in [0, 0.1) is 6.92 Å². The predicted molar refractivity (Wildman–Crippen MR) is 109 cm³/mol. The van der Waals surface area contributed by atoms with Crippen molar-refractivity contribution in [1.29, 1.82) is 0 Å². The van der Waals surface area contributed by atoms with Crippen LogP contribution in [0.4, 0.5) is 0 Å². The van der Waals surface area contributed by atoms with Crippen LogP contribution in [-0.2, 0) is 0 Å². The Labute approximate surface area is 164 Å². The van der Waals surface area contributed by atoms with Gasteiger partial charge in [0.05, 0.1) is 29.2 Å². The van der Waals surface area contributed by atoms with E-state index in [1.165, 1.54) is 0 Å². The molecule has 3 rings (SSSR count). The molecule has 1 aromatic heterocycles. The second-order valence-electron chi connectivity index (χ2n) is 6.64. The minimum absolute atomic E-state index is 0.0958. The summed E-state index contributed by atoms with van der Waals surface area (Å²) < 4.78 is 1.72. The molecule has 140 valence electrons. The van der Waals surface area contributed by atoms with Gasteiger partial charge in [-0.1, -0.05) is 48.0 Å². The Balaban J connectivity index is 1.75. The molecule has 1 atom stereocenters. The smallest absolute Gasteiger partial charge is 0.254 e. The normalized spacial score (nSPS) is 12.2. The minimum Gasteiger partial charge on any atom is -0.350 e. The maximum Gasteiger partial charge on any atom is 0.254 e. The number of likely N-dealkylation sites (N-methyl/N-ethyl adjacent to an activating group) is 1. The molecule has 1 heterocycles. The van der Waals surface area contributed by atoms with Gasteiger partial charge in [0, 0.05) is 11.6 Å². The van der Waals surface area contributed by atoms with Gasteiger partial charge in [0.1, 0.15) is 0 Å². The van der Waals surface area contributed by atoms with Gasteiger partial charge in [0.15, 0.2) is 0 Å². The first-order valence-electron chi connectivity index (χ1n) is 8.77. The highest BCUT2D eigenvalue weighted by Gasteiger charge is 2.19. The van der Waals surface area contributed by atoms with Crippen molar-refractivity contribution in [3.05, 3.63) is 82.6 Å². The molecule has 1 N–H and O–H groups in total. The van der Waals surface area contributed by atoms with E-state index in [0.29, 0.717) is 17.1 Å². The van der Waals surface area contributed by atoms with Crippen molar-refractivity contribution < 1.29 is 4.79 Å². The molecule has 3 aromatic rings. The zero-order chi connectivity index (χ0) is 19.4. The third kappa shape index (κ3) is 4.38. The molecule has 1 amide bonds. The van der Waals surface area contributed by atoms with E-state index in [1.54, 1.807) is 10.9 Å². The fourth-order valence-electron chi connectivity index (χ4n) is 3.06. The lowest BCUT2D eigenvalue weighted by atomic mass is 10.1. The van der Waals surface area contributed by atoms with Crippen LogP contribution in [0.2, 0.25) is 5.02 Å². The molecule has 0 aliphatic heterocycles. The highest BCUT2D eigenvalue weighted by atomic mass is 35.5. The molecule has 0 aliphatic carbocycles. The summed E-state index contributed by atoms with van der Waals surface area (Å²) in [6.07, 6.45) is 1.60. The number of halogens is 1. The van der Waals surface area contributed by atoms with E-state index in [0.717, 1.165) is 16.9 Å². The molecular weight excluding hydrogens is 360 g/mol. The lowest BCUT2D eigenvalue weighted by molar-refractivity contribution is 0.0941. The lowest BCUT2D eigenvalue weighted by Crippen LogP contribution is -2.34. The molecule has 0 saturated carbocycles. The number of carbonyl (C=O) groups excluding carboxylic acids is 1. The molecule has 0 bridgehead atoms. The van der Waals surface area contributed by atoms with Crippen molar-refractivity contribution in [1.82, 2.24) is 20.0 Å². The number of nitrogens with one attached hydrogen (secondary N) is 1. The van der Waals surface area contributed by atoms with E-state index in [4.69, 9.17) is 11.6 Å². The van der Waals surface area contributed by atoms with E-state index in [1.807, 2.05) is 63.5 Å². The summed E-state index contributed by atoms with van der Waals surface area (Å²) in [6.45, 7) is 2.39. The van der Waals surface area contributed by atoms with Gasteiger partial charge in [0.25, 0.3) is 5.91 Å². The summed E-state index contributed by atoms with van der Waals surface area (Å²) in [6, 6.07) is 17.6. The molecule has 27 heavy (non-hydrogen) atoms. The van der Waals surface area contributed by atoms with Crippen molar-refractivity contribution in [3.63, 3.8) is 0 Å². The van der Waals surface area contributed by atoms with Gasteiger partial charge >= 0.3 is 0 Å². The largest absolute Gasteiger partial charge is 0.350 e. The van der Waals surface area contributed by atoms with E-state index < -0.39 is 0 Å². The maximum atomic E-state index is 12.7. The molecule has 0 spiro atoms. The number of amides is 1. The topological polar surface area (TPSA) is 50.2 Å². The summed E-state index contributed by atoms with van der Waals surface area (Å²) in [4.78, 5) is 14.8. The molecule has 6 heteroatoms. The Morgan fingerprint density at radius 1 is 1.19 bits per heavy atom. The number of rotatable bonds is 6. The van der Waals surface area contributed by atoms with E-state index in [-0.39, 0.29) is 11.9 Å². The van der Waals surface area contributed by atoms with Crippen LogP contribution >= 0.6 is 11.6 Å². The average Bonchev–Trinajstić information content (AvgIpc) is 3.04. The van der Waals surface area contributed by atoms with Crippen molar-refractivity contribution in [2.45, 2.75) is 13.0 Å². The standard InChI is InChI=1S/C21H23ClN4O/c1-15-19(13-24-26(15)18-11-7-10-17(22)12-18)21(27)23-14-20(25(2)3)16-8-5-4-6-9-16/h4-13,20H,14H2,1-3H3,(H,23,27)/t20-/m0/s1. The first-order chi connectivity index (χ1) is 13.0. The molecule has 0 fully saturated rings. The number of hydrogen-bond acceptors (Lipinski definition) is 3. The molecule has 0 saturated heterocycles. The lowest BCUT2D eigenvalue weighted by Gasteiger charge is -2.25. The fraction of sp³-hybridized carbons (Fsp3) is 0.238. The van der Waals surface area contributed by atoms with E-state index in [9.17, 15) is 4.79 Å². The van der Waals surface area contributed by atoms with Gasteiger partial charge in [0.2, 0.25) is 0 Å². The molecule has 0 unspecified atom stereocenters. The summed E-state index contributed by atoms with van der Waals surface area (Å²) in [5, 5.41) is 8.02. The molecule has 2 aromatic carbocycles. The molecule has 5 nitrogen and oxygen atoms in total. The number of carbonyl (C=O) groups is 1. The van der Waals surface area contributed by atoms with Crippen LogP contribution in [0.15, 0.2) is 60.8 Å². The Hall–Kier alpha value is -2.63. The monoisotopic (exact) mass is 382 g/mol. The fourth-order valence-corrected chi connectivity index (χ4v) is 3.24. The maximum absolute atomic E-state index is 12.7. The van der Waals surface area contributed by atoms with Crippen LogP contribution in [0.3, 0.4) is 0 Å². The Morgan fingerprint density at radius 2 is 1.93 bits per heavy atom. The highest BCUT2D eigenvalue weighted by molar-refractivity contribution is 6.30. The third-order valence-electron chi connectivity index (χ3n) is 4.57. The van der Waals surface area contributed by atoms with Crippen LogP contribution in [0.1, 0.15) is 27.7 Å². The first kappa shape index (κ1) is 19.1. The SMILES string of the molecule is Cc1c(C(=O)NC[C@@H](c2ccccc2)N(C)C)cnn1-c1cccc(Cl)c1. The van der Waals surface area contributed by atoms with Crippen LogP contribution in [0.5, 0.6) is 0 Å². The van der Waals surface area contributed by atoms with Crippen LogP contribution in [0.25, 0.3) is 5.69 Å². The first-order valence-corrected chi connectivity index (χ1v) is 9.15. The van der Waals surface area contributed by atoms with Gasteiger partial charge in [-0.3, -0.25) is 4.79 Å². The predicted octanol–water partition coefficient (Wildman–Crippen LogP) is 3.87. The quantitative estimate of drug-likeness (QED) is 0.704. The average molecular weight is 383 g/mol. The van der Waals surface area contributed by atoms with E-state index >= 15 is 0 Å². The summed E-state index contributed by atoms with van der Waals surface area (Å²) >= 11 is 6.06. The second kappa shape index (κ2) is 8.37. The highest BCUT2D eigenvalue weighted by Crippen LogP contribution is 2.19. The minimum atomic E-state index is -0.136. The zero-order valence-electron chi connectivity index (χ0n) is 15.7. The summed E-state index contributed by atoms with van der Waals surface area (Å²) in [5.41, 5.74) is 3.32. The molecule has 0 radical (unpaired) electrons. The van der Waals surface area contributed by atoms with Crippen LogP contribution < -0.4 is 5.32 Å². The number of nitrogens with zero attached hydrogens (tertiary/aromatic N) is 3. The van der Waals surface area contributed by atoms with Gasteiger partial charge in [-0.2, -0.15) is 5.10 Å². The van der Waals surface area contributed by atoms with Gasteiger partial charge < -0.3 is 10.2 Å². The summed E-state index contributed by atoms with van der Waals surface area (Å²) in [5.74, 6) is -0.136. The van der Waals surface area contributed by atoms with Crippen molar-refractivity contribution in [2.24, 2.45) is 0 Å². The molecular formula is C21H23ClN4O. The van der Waals surface area contributed by atoms with E-state index in [2.05, 4.69) is 27.4 Å². The Morgan fingerprint density at radius 3 is 2.59 bits per heavy atom. The van der Waals surface area contributed by atoms with Gasteiger partial charge in [-0.25, -0.2) is 4.68 Å². The number of benzene rings is 2. The Kier molecular flexibility index (Phi) is 5.94. The third-order valence-corrected chi connectivity index (χ3v) is 4.81. The van der Waals surface area contributed by atoms with Crippen LogP contribution in [-0.4, -0.2) is 41.2 Å². The molecule has 0 aliphatic rings. The van der Waals surface area contributed by atoms with Gasteiger partial charge in [-0.15, -0.1) is 0 Å².